The van der Waals surface area contributed by atoms with E-state index < -0.39 is 0 Å². The fourth-order valence-electron chi connectivity index (χ4n) is 2.33. The van der Waals surface area contributed by atoms with Crippen LogP contribution in [0.15, 0.2) is 49.2 Å². The summed E-state index contributed by atoms with van der Waals surface area (Å²) in [7, 11) is 1.56. The molecule has 0 unspecified atom stereocenters. The Bertz CT molecular complexity index is 867. The molecule has 0 aliphatic carbocycles. The van der Waals surface area contributed by atoms with Crippen LogP contribution in [0.1, 0.15) is 12.0 Å². The minimum atomic E-state index is -0.124. The van der Waals surface area contributed by atoms with E-state index in [0.717, 1.165) is 5.56 Å². The Morgan fingerprint density at radius 3 is 2.96 bits per heavy atom. The van der Waals surface area contributed by atoms with E-state index in [1.807, 2.05) is 6.07 Å². The number of aryl methyl sites for hydroxylation is 1. The number of carbonyl (C=O) groups excluding carboxylic acids is 1. The predicted octanol–water partition coefficient (Wildman–Crippen LogP) is 2.90. The van der Waals surface area contributed by atoms with Gasteiger partial charge in [-0.3, -0.25) is 4.79 Å². The maximum absolute atomic E-state index is 12.3. The molecule has 0 fully saturated rings. The number of rotatable bonds is 6. The summed E-state index contributed by atoms with van der Waals surface area (Å²) in [6.45, 7) is 0. The van der Waals surface area contributed by atoms with E-state index in [1.165, 1.54) is 17.3 Å². The van der Waals surface area contributed by atoms with Crippen LogP contribution in [0.3, 0.4) is 0 Å². The van der Waals surface area contributed by atoms with Crippen molar-refractivity contribution in [3.05, 3.63) is 59.8 Å². The summed E-state index contributed by atoms with van der Waals surface area (Å²) >= 11 is 6.10. The van der Waals surface area contributed by atoms with Gasteiger partial charge in [-0.1, -0.05) is 17.7 Å². The quantitative estimate of drug-likeness (QED) is 0.733. The molecule has 7 nitrogen and oxygen atoms in total. The highest BCUT2D eigenvalue weighted by Crippen LogP contribution is 2.25. The summed E-state index contributed by atoms with van der Waals surface area (Å²) in [4.78, 5) is 20.4. The minimum absolute atomic E-state index is 0.124. The Labute approximate surface area is 149 Å². The highest BCUT2D eigenvalue weighted by Gasteiger charge is 2.10. The van der Waals surface area contributed by atoms with Gasteiger partial charge in [-0.05, 0) is 36.2 Å². The molecule has 3 rings (SSSR count). The number of hydrogen-bond donors (Lipinski definition) is 1. The number of amides is 1. The van der Waals surface area contributed by atoms with Crippen molar-refractivity contribution in [2.24, 2.45) is 0 Å². The maximum atomic E-state index is 12.3. The molecule has 0 aliphatic rings. The normalized spacial score (nSPS) is 10.5. The van der Waals surface area contributed by atoms with E-state index in [1.54, 1.807) is 37.6 Å². The van der Waals surface area contributed by atoms with E-state index in [9.17, 15) is 4.79 Å². The van der Waals surface area contributed by atoms with Crippen LogP contribution >= 0.6 is 11.6 Å². The molecule has 128 valence electrons. The lowest BCUT2D eigenvalue weighted by Gasteiger charge is -2.10. The number of carbonyl (C=O) groups is 1. The van der Waals surface area contributed by atoms with E-state index in [4.69, 9.17) is 16.3 Å². The molecule has 2 aromatic heterocycles. The molecule has 0 spiro atoms. The topological polar surface area (TPSA) is 81.9 Å². The van der Waals surface area contributed by atoms with Gasteiger partial charge >= 0.3 is 0 Å². The van der Waals surface area contributed by atoms with Crippen LogP contribution < -0.4 is 10.1 Å². The second-order valence-electron chi connectivity index (χ2n) is 5.23. The first-order chi connectivity index (χ1) is 12.2. The molecule has 0 atom stereocenters. The lowest BCUT2D eigenvalue weighted by atomic mass is 10.1. The fraction of sp³-hybridized carbons (Fsp3) is 0.176. The zero-order chi connectivity index (χ0) is 17.6. The zero-order valence-electron chi connectivity index (χ0n) is 13.5. The summed E-state index contributed by atoms with van der Waals surface area (Å²) in [5.41, 5.74) is 1.54. The molecule has 0 radical (unpaired) electrons. The number of ether oxygens (including phenoxy) is 1. The van der Waals surface area contributed by atoms with Crippen LogP contribution in [0, 0.1) is 0 Å². The van der Waals surface area contributed by atoms with Crippen LogP contribution in [-0.2, 0) is 11.2 Å². The van der Waals surface area contributed by atoms with Crippen molar-refractivity contribution >= 4 is 23.2 Å². The first kappa shape index (κ1) is 16.9. The number of nitrogens with zero attached hydrogens (tertiary/aromatic N) is 4. The minimum Gasteiger partial charge on any atom is -0.495 e. The number of anilines is 1. The average Bonchev–Trinajstić information content (AvgIpc) is 3.15. The Kier molecular flexibility index (Phi) is 5.25. The van der Waals surface area contributed by atoms with Crippen molar-refractivity contribution in [3.8, 4) is 11.6 Å². The highest BCUT2D eigenvalue weighted by atomic mass is 35.5. The summed E-state index contributed by atoms with van der Waals surface area (Å²) in [5, 5.41) is 7.43. The lowest BCUT2D eigenvalue weighted by molar-refractivity contribution is -0.116. The Morgan fingerprint density at radius 2 is 2.24 bits per heavy atom. The Morgan fingerprint density at radius 1 is 1.36 bits per heavy atom. The second-order valence-corrected chi connectivity index (χ2v) is 5.64. The smallest absolute Gasteiger partial charge is 0.224 e. The first-order valence-electron chi connectivity index (χ1n) is 7.59. The van der Waals surface area contributed by atoms with Gasteiger partial charge in [0.1, 0.15) is 18.4 Å². The van der Waals surface area contributed by atoms with E-state index in [0.29, 0.717) is 35.1 Å². The summed E-state index contributed by atoms with van der Waals surface area (Å²) in [6.07, 6.45) is 5.44. The summed E-state index contributed by atoms with van der Waals surface area (Å²) in [6, 6.07) is 9.01. The molecule has 0 saturated heterocycles. The van der Waals surface area contributed by atoms with Gasteiger partial charge in [0, 0.05) is 12.6 Å². The van der Waals surface area contributed by atoms with E-state index in [-0.39, 0.29) is 5.91 Å². The zero-order valence-corrected chi connectivity index (χ0v) is 14.3. The molecule has 1 aromatic carbocycles. The molecule has 8 heteroatoms. The molecule has 25 heavy (non-hydrogen) atoms. The average molecular weight is 358 g/mol. The van der Waals surface area contributed by atoms with Gasteiger partial charge in [0.05, 0.1) is 17.8 Å². The van der Waals surface area contributed by atoms with E-state index in [2.05, 4.69) is 20.4 Å². The number of halogens is 1. The van der Waals surface area contributed by atoms with Gasteiger partial charge in [-0.25, -0.2) is 14.6 Å². The number of benzene rings is 1. The molecule has 3 aromatic rings. The number of aromatic nitrogens is 4. The van der Waals surface area contributed by atoms with Crippen molar-refractivity contribution in [1.82, 2.24) is 19.7 Å². The number of hydrogen-bond acceptors (Lipinski definition) is 5. The van der Waals surface area contributed by atoms with Crippen LogP contribution in [0.5, 0.6) is 5.75 Å². The third kappa shape index (κ3) is 4.13. The Balaban J connectivity index is 1.65. The molecule has 1 amide bonds. The fourth-order valence-corrected chi connectivity index (χ4v) is 2.61. The van der Waals surface area contributed by atoms with Crippen molar-refractivity contribution in [2.45, 2.75) is 12.8 Å². The third-order valence-electron chi connectivity index (χ3n) is 3.55. The van der Waals surface area contributed by atoms with Crippen LogP contribution in [0.25, 0.3) is 5.82 Å². The molecule has 0 bridgehead atoms. The third-order valence-corrected chi connectivity index (χ3v) is 3.85. The van der Waals surface area contributed by atoms with Crippen LogP contribution in [-0.4, -0.2) is 32.8 Å². The van der Waals surface area contributed by atoms with Gasteiger partial charge in [0.25, 0.3) is 0 Å². The van der Waals surface area contributed by atoms with Gasteiger partial charge in [0.2, 0.25) is 5.91 Å². The highest BCUT2D eigenvalue weighted by molar-refractivity contribution is 6.32. The van der Waals surface area contributed by atoms with Gasteiger partial charge in [0.15, 0.2) is 5.82 Å². The molecule has 0 aliphatic heterocycles. The largest absolute Gasteiger partial charge is 0.495 e. The Hall–Kier alpha value is -2.93. The maximum Gasteiger partial charge on any atom is 0.224 e. The van der Waals surface area contributed by atoms with E-state index >= 15 is 0 Å². The van der Waals surface area contributed by atoms with Crippen molar-refractivity contribution in [2.75, 3.05) is 12.4 Å². The van der Waals surface area contributed by atoms with Gasteiger partial charge in [-0.2, -0.15) is 5.10 Å². The second kappa shape index (κ2) is 7.76. The summed E-state index contributed by atoms with van der Waals surface area (Å²) < 4.78 is 6.62. The number of methoxy groups -OCH3 is 1. The summed E-state index contributed by atoms with van der Waals surface area (Å²) in [5.74, 6) is 1.00. The standard InChI is InChI=1S/C17H16ClN5O2/c1-25-15-6-4-12(9-13(15)18)5-7-16(24)22-14-3-2-8-20-17(14)23-11-19-10-21-23/h2-4,6,8-11H,5,7H2,1H3,(H,22,24). The van der Waals surface area contributed by atoms with Crippen LogP contribution in [0.4, 0.5) is 5.69 Å². The lowest BCUT2D eigenvalue weighted by Crippen LogP contribution is -2.15. The van der Waals surface area contributed by atoms with Crippen molar-refractivity contribution < 1.29 is 9.53 Å². The molecule has 0 saturated carbocycles. The number of nitrogens with one attached hydrogen (secondary N) is 1. The SMILES string of the molecule is COc1ccc(CCC(=O)Nc2cccnc2-n2cncn2)cc1Cl. The molecule has 1 N–H and O–H groups in total. The van der Waals surface area contributed by atoms with Crippen molar-refractivity contribution in [3.63, 3.8) is 0 Å². The number of pyridine rings is 1. The molecule has 2 heterocycles. The predicted molar refractivity (Wildman–Crippen MR) is 94.1 cm³/mol. The van der Waals surface area contributed by atoms with Crippen LogP contribution in [0.2, 0.25) is 5.02 Å². The first-order valence-corrected chi connectivity index (χ1v) is 7.97. The monoisotopic (exact) mass is 357 g/mol. The molecular formula is C17H16ClN5O2. The van der Waals surface area contributed by atoms with Crippen molar-refractivity contribution in [1.29, 1.82) is 0 Å². The molecular weight excluding hydrogens is 342 g/mol. The van der Waals surface area contributed by atoms with Gasteiger partial charge in [-0.15, -0.1) is 0 Å². The van der Waals surface area contributed by atoms with Gasteiger partial charge < -0.3 is 10.1 Å².